The molecule has 0 aromatic heterocycles. The van der Waals surface area contributed by atoms with Gasteiger partial charge in [-0.15, -0.1) is 0 Å². The van der Waals surface area contributed by atoms with Crippen LogP contribution >= 0.6 is 0 Å². The summed E-state index contributed by atoms with van der Waals surface area (Å²) < 4.78 is 5.43. The van der Waals surface area contributed by atoms with Crippen molar-refractivity contribution >= 4 is 6.09 Å². The highest BCUT2D eigenvalue weighted by Gasteiger charge is 2.44. The Labute approximate surface area is 195 Å². The first-order valence-corrected chi connectivity index (χ1v) is 12.9. The zero-order chi connectivity index (χ0) is 23.2. The number of rotatable bonds is 15. The molecule has 1 saturated heterocycles. The summed E-state index contributed by atoms with van der Waals surface area (Å²) in [5, 5.41) is 21.2. The van der Waals surface area contributed by atoms with Crippen molar-refractivity contribution < 1.29 is 19.7 Å². The average molecular weight is 448 g/mol. The number of hydrogen-bond acceptors (Lipinski definition) is 4. The van der Waals surface area contributed by atoms with Crippen LogP contribution in [0.4, 0.5) is 4.79 Å². The third kappa shape index (κ3) is 9.11. The van der Waals surface area contributed by atoms with Gasteiger partial charge in [0, 0.05) is 12.5 Å². The number of hydrogen-bond donors (Lipinski definition) is 2. The summed E-state index contributed by atoms with van der Waals surface area (Å²) in [7, 11) is 0. The number of aliphatic hydroxyl groups excluding tert-OH is 2. The second-order valence-corrected chi connectivity index (χ2v) is 9.48. The molecule has 1 aliphatic heterocycles. The fraction of sp³-hybridized carbons (Fsp3) is 0.741. The van der Waals surface area contributed by atoms with Crippen molar-refractivity contribution in [3.8, 4) is 0 Å². The quantitative estimate of drug-likeness (QED) is 0.320. The largest absolute Gasteiger partial charge is 0.445 e. The van der Waals surface area contributed by atoms with Crippen molar-refractivity contribution in [2.45, 2.75) is 116 Å². The van der Waals surface area contributed by atoms with E-state index in [9.17, 15) is 15.0 Å². The van der Waals surface area contributed by atoms with Gasteiger partial charge in [0.15, 0.2) is 0 Å². The summed E-state index contributed by atoms with van der Waals surface area (Å²) in [6.07, 6.45) is 13.0. The molecular weight excluding hydrogens is 402 g/mol. The maximum atomic E-state index is 12.5. The first-order chi connectivity index (χ1) is 15.5. The Morgan fingerprint density at radius 3 is 2.16 bits per heavy atom. The molecule has 1 aliphatic rings. The molecule has 182 valence electrons. The van der Waals surface area contributed by atoms with Crippen molar-refractivity contribution in [1.29, 1.82) is 0 Å². The number of benzene rings is 1. The Kier molecular flexibility index (Phi) is 12.7. The van der Waals surface area contributed by atoms with Gasteiger partial charge in [-0.1, -0.05) is 108 Å². The molecule has 2 N–H and O–H groups in total. The number of ether oxygens (including phenoxy) is 1. The standard InChI is InChI=1S/C27H45NO4/c1-3-4-5-6-7-8-9-10-11-12-16-19-25(29)24-20-28(22(2)26(24)30)27(31)32-21-23-17-14-13-15-18-23/h13-15,17-18,22,24-26,29-30H,3-12,16,19-21H2,1-2H3/t22-,24-,25-,26+/m0/s1. The van der Waals surface area contributed by atoms with E-state index in [4.69, 9.17) is 4.74 Å². The molecule has 1 fully saturated rings. The normalized spacial score (nSPS) is 21.6. The Morgan fingerprint density at radius 2 is 1.56 bits per heavy atom. The van der Waals surface area contributed by atoms with E-state index in [2.05, 4.69) is 6.92 Å². The van der Waals surface area contributed by atoms with Gasteiger partial charge in [-0.25, -0.2) is 4.79 Å². The fourth-order valence-electron chi connectivity index (χ4n) is 4.67. The van der Waals surface area contributed by atoms with E-state index in [0.717, 1.165) is 18.4 Å². The lowest BCUT2D eigenvalue weighted by Gasteiger charge is -2.22. The monoisotopic (exact) mass is 447 g/mol. The van der Waals surface area contributed by atoms with Gasteiger partial charge in [0.2, 0.25) is 0 Å². The van der Waals surface area contributed by atoms with E-state index in [0.29, 0.717) is 13.0 Å². The molecule has 0 unspecified atom stereocenters. The molecule has 0 saturated carbocycles. The van der Waals surface area contributed by atoms with Crippen molar-refractivity contribution in [1.82, 2.24) is 4.90 Å². The molecule has 0 radical (unpaired) electrons. The van der Waals surface area contributed by atoms with Crippen molar-refractivity contribution in [3.63, 3.8) is 0 Å². The van der Waals surface area contributed by atoms with E-state index in [-0.39, 0.29) is 18.6 Å². The summed E-state index contributed by atoms with van der Waals surface area (Å²) >= 11 is 0. The van der Waals surface area contributed by atoms with Crippen LogP contribution in [0.25, 0.3) is 0 Å². The molecular formula is C27H45NO4. The number of nitrogens with zero attached hydrogens (tertiary/aromatic N) is 1. The summed E-state index contributed by atoms with van der Waals surface area (Å²) in [5.74, 6) is -0.308. The van der Waals surface area contributed by atoms with Crippen LogP contribution in [0.5, 0.6) is 0 Å². The van der Waals surface area contributed by atoms with Crippen LogP contribution in [0.2, 0.25) is 0 Å². The molecule has 1 aromatic carbocycles. The highest BCUT2D eigenvalue weighted by molar-refractivity contribution is 5.68. The van der Waals surface area contributed by atoms with Crippen molar-refractivity contribution in [3.05, 3.63) is 35.9 Å². The minimum absolute atomic E-state index is 0.213. The van der Waals surface area contributed by atoms with Gasteiger partial charge < -0.3 is 19.8 Å². The molecule has 4 atom stereocenters. The zero-order valence-electron chi connectivity index (χ0n) is 20.3. The van der Waals surface area contributed by atoms with E-state index in [1.807, 2.05) is 37.3 Å². The predicted octanol–water partition coefficient (Wildman–Crippen LogP) is 6.07. The summed E-state index contributed by atoms with van der Waals surface area (Å²) in [4.78, 5) is 14.1. The molecule has 0 spiro atoms. The van der Waals surface area contributed by atoms with E-state index < -0.39 is 18.3 Å². The minimum atomic E-state index is -0.720. The third-order valence-electron chi connectivity index (χ3n) is 6.87. The zero-order valence-corrected chi connectivity index (χ0v) is 20.3. The van der Waals surface area contributed by atoms with Crippen LogP contribution in [0.3, 0.4) is 0 Å². The van der Waals surface area contributed by atoms with E-state index in [1.54, 1.807) is 4.90 Å². The van der Waals surface area contributed by atoms with Gasteiger partial charge in [0.05, 0.1) is 18.2 Å². The molecule has 0 aliphatic carbocycles. The van der Waals surface area contributed by atoms with Crippen LogP contribution in [0.15, 0.2) is 30.3 Å². The topological polar surface area (TPSA) is 70.0 Å². The lowest BCUT2D eigenvalue weighted by Crippen LogP contribution is -2.37. The summed E-state index contributed by atoms with van der Waals surface area (Å²) in [6, 6.07) is 9.21. The average Bonchev–Trinajstić information content (AvgIpc) is 3.11. The smallest absolute Gasteiger partial charge is 0.410 e. The number of carbonyl (C=O) groups is 1. The number of unbranched alkanes of at least 4 members (excludes halogenated alkanes) is 10. The predicted molar refractivity (Wildman–Crippen MR) is 129 cm³/mol. The van der Waals surface area contributed by atoms with Crippen LogP contribution in [-0.4, -0.2) is 46.0 Å². The van der Waals surface area contributed by atoms with Gasteiger partial charge in [-0.2, -0.15) is 0 Å². The number of amides is 1. The second-order valence-electron chi connectivity index (χ2n) is 9.48. The van der Waals surface area contributed by atoms with Crippen LogP contribution in [0, 0.1) is 5.92 Å². The first kappa shape index (κ1) is 26.7. The number of carbonyl (C=O) groups excluding carboxylic acids is 1. The fourth-order valence-corrected chi connectivity index (χ4v) is 4.67. The Morgan fingerprint density at radius 1 is 1.00 bits per heavy atom. The summed E-state index contributed by atoms with van der Waals surface area (Å²) in [6.45, 7) is 4.63. The van der Waals surface area contributed by atoms with Crippen LogP contribution < -0.4 is 0 Å². The summed E-state index contributed by atoms with van der Waals surface area (Å²) in [5.41, 5.74) is 0.932. The molecule has 1 aromatic rings. The van der Waals surface area contributed by atoms with Gasteiger partial charge in [-0.05, 0) is 18.9 Å². The van der Waals surface area contributed by atoms with Gasteiger partial charge in [0.1, 0.15) is 6.61 Å². The Balaban J connectivity index is 1.59. The molecule has 1 heterocycles. The van der Waals surface area contributed by atoms with Crippen LogP contribution in [0.1, 0.15) is 96.5 Å². The first-order valence-electron chi connectivity index (χ1n) is 12.9. The molecule has 2 rings (SSSR count). The van der Waals surface area contributed by atoms with Gasteiger partial charge in [0.25, 0.3) is 0 Å². The number of aliphatic hydroxyl groups is 2. The van der Waals surface area contributed by atoms with E-state index in [1.165, 1.54) is 57.8 Å². The molecule has 5 nitrogen and oxygen atoms in total. The maximum absolute atomic E-state index is 12.5. The van der Waals surface area contributed by atoms with Crippen LogP contribution in [-0.2, 0) is 11.3 Å². The minimum Gasteiger partial charge on any atom is -0.445 e. The molecule has 1 amide bonds. The highest BCUT2D eigenvalue weighted by Crippen LogP contribution is 2.29. The van der Waals surface area contributed by atoms with Gasteiger partial charge in [-0.3, -0.25) is 0 Å². The molecule has 5 heteroatoms. The highest BCUT2D eigenvalue weighted by atomic mass is 16.6. The SMILES string of the molecule is CCCCCCCCCCCCC[C@H](O)[C@@H]1CN(C(=O)OCc2ccccc2)[C@@H](C)[C@H]1O. The Hall–Kier alpha value is -1.59. The lowest BCUT2D eigenvalue weighted by atomic mass is 9.92. The second kappa shape index (κ2) is 15.3. The number of likely N-dealkylation sites (tertiary alicyclic amines) is 1. The van der Waals surface area contributed by atoms with E-state index >= 15 is 0 Å². The molecule has 32 heavy (non-hydrogen) atoms. The van der Waals surface area contributed by atoms with Crippen molar-refractivity contribution in [2.75, 3.05) is 6.54 Å². The van der Waals surface area contributed by atoms with Gasteiger partial charge >= 0.3 is 6.09 Å². The Bertz CT molecular complexity index is 623. The van der Waals surface area contributed by atoms with Crippen molar-refractivity contribution in [2.24, 2.45) is 5.92 Å². The third-order valence-corrected chi connectivity index (χ3v) is 6.87. The maximum Gasteiger partial charge on any atom is 0.410 e. The molecule has 0 bridgehead atoms. The lowest BCUT2D eigenvalue weighted by molar-refractivity contribution is 0.0252.